The zero-order valence-corrected chi connectivity index (χ0v) is 10.9. The smallest absolute Gasteiger partial charge is 0.249 e. The maximum Gasteiger partial charge on any atom is 0.249 e. The molecule has 0 saturated carbocycles. The molecule has 5 heterocycles. The van der Waals surface area contributed by atoms with Crippen LogP contribution in [-0.2, 0) is 10.3 Å². The molecule has 0 aliphatic carbocycles. The molecule has 2 unspecified atom stereocenters. The van der Waals surface area contributed by atoms with Crippen LogP contribution in [0.2, 0.25) is 0 Å². The fourth-order valence-corrected chi connectivity index (χ4v) is 3.18. The van der Waals surface area contributed by atoms with Gasteiger partial charge in [-0.25, -0.2) is 0 Å². The van der Waals surface area contributed by atoms with Crippen molar-refractivity contribution in [2.24, 2.45) is 5.73 Å². The second-order valence-corrected chi connectivity index (χ2v) is 5.77. The normalized spacial score (nSPS) is 41.8. The maximum absolute atomic E-state index is 6.25. The van der Waals surface area contributed by atoms with E-state index in [0.29, 0.717) is 19.1 Å². The van der Waals surface area contributed by atoms with Gasteiger partial charge in [0.1, 0.15) is 5.54 Å². The molecule has 104 valence electrons. The van der Waals surface area contributed by atoms with Crippen LogP contribution in [0.15, 0.2) is 4.52 Å². The van der Waals surface area contributed by atoms with E-state index in [1.807, 2.05) is 0 Å². The lowest BCUT2D eigenvalue weighted by molar-refractivity contribution is 0.00781. The summed E-state index contributed by atoms with van der Waals surface area (Å²) in [5.74, 6) is 1.30. The Kier molecular flexibility index (Phi) is 2.63. The standard InChI is InChI=1S/C12H19N5O2/c13-12(1-6-18-8-12)11-14-10(15-19-11)9-7-16-2-4-17(9)5-3-16/h9H,1-8,13H2. The molecule has 5 rings (SSSR count). The van der Waals surface area contributed by atoms with Crippen molar-refractivity contribution in [3.05, 3.63) is 11.7 Å². The van der Waals surface area contributed by atoms with Crippen LogP contribution in [0.5, 0.6) is 0 Å². The number of piperazine rings is 3. The largest absolute Gasteiger partial charge is 0.379 e. The summed E-state index contributed by atoms with van der Waals surface area (Å²) < 4.78 is 10.7. The fraction of sp³-hybridized carbons (Fsp3) is 0.833. The number of ether oxygens (including phenoxy) is 1. The first-order chi connectivity index (χ1) is 9.24. The molecule has 2 N–H and O–H groups in total. The first-order valence-electron chi connectivity index (χ1n) is 6.92. The van der Waals surface area contributed by atoms with Crippen molar-refractivity contribution in [1.82, 2.24) is 19.9 Å². The lowest BCUT2D eigenvalue weighted by atomic mass is 10.0. The van der Waals surface area contributed by atoms with Crippen LogP contribution in [-0.4, -0.2) is 65.9 Å². The van der Waals surface area contributed by atoms with Gasteiger partial charge >= 0.3 is 0 Å². The van der Waals surface area contributed by atoms with Crippen molar-refractivity contribution >= 4 is 0 Å². The van der Waals surface area contributed by atoms with Gasteiger partial charge in [-0.1, -0.05) is 5.16 Å². The Morgan fingerprint density at radius 1 is 1.26 bits per heavy atom. The number of nitrogens with two attached hydrogens (primary N) is 1. The van der Waals surface area contributed by atoms with Crippen molar-refractivity contribution in [2.45, 2.75) is 18.0 Å². The van der Waals surface area contributed by atoms with Crippen LogP contribution in [0.1, 0.15) is 24.2 Å². The van der Waals surface area contributed by atoms with Crippen LogP contribution in [0.3, 0.4) is 0 Å². The Balaban J connectivity index is 1.58. The molecule has 7 heteroatoms. The van der Waals surface area contributed by atoms with Crippen molar-refractivity contribution in [3.8, 4) is 0 Å². The highest BCUT2D eigenvalue weighted by Crippen LogP contribution is 2.30. The van der Waals surface area contributed by atoms with Crippen molar-refractivity contribution in [3.63, 3.8) is 0 Å². The lowest BCUT2D eigenvalue weighted by Gasteiger charge is -2.46. The van der Waals surface area contributed by atoms with Gasteiger partial charge in [-0.3, -0.25) is 9.80 Å². The van der Waals surface area contributed by atoms with E-state index in [1.165, 1.54) is 0 Å². The fourth-order valence-electron chi connectivity index (χ4n) is 3.18. The van der Waals surface area contributed by atoms with Crippen LogP contribution in [0.4, 0.5) is 0 Å². The number of hydrogen-bond acceptors (Lipinski definition) is 7. The number of aromatic nitrogens is 2. The van der Waals surface area contributed by atoms with E-state index in [0.717, 1.165) is 45.0 Å². The number of fused-ring (bicyclic) bond motifs is 3. The van der Waals surface area contributed by atoms with Gasteiger partial charge in [0, 0.05) is 39.3 Å². The van der Waals surface area contributed by atoms with Gasteiger partial charge in [-0.05, 0) is 6.42 Å². The minimum Gasteiger partial charge on any atom is -0.379 e. The van der Waals surface area contributed by atoms with Crippen molar-refractivity contribution < 1.29 is 9.26 Å². The summed E-state index contributed by atoms with van der Waals surface area (Å²) >= 11 is 0. The van der Waals surface area contributed by atoms with E-state index in [1.54, 1.807) is 0 Å². The van der Waals surface area contributed by atoms with Gasteiger partial charge in [0.25, 0.3) is 0 Å². The van der Waals surface area contributed by atoms with Crippen LogP contribution in [0.25, 0.3) is 0 Å². The third-order valence-electron chi connectivity index (χ3n) is 4.50. The van der Waals surface area contributed by atoms with Gasteiger partial charge in [0.15, 0.2) is 5.82 Å². The summed E-state index contributed by atoms with van der Waals surface area (Å²) in [6, 6.07) is 0.255. The monoisotopic (exact) mass is 265 g/mol. The Labute approximate surface area is 111 Å². The molecule has 0 radical (unpaired) electrons. The van der Waals surface area contributed by atoms with Crippen LogP contribution >= 0.6 is 0 Å². The molecule has 2 bridgehead atoms. The topological polar surface area (TPSA) is 80.7 Å². The molecule has 4 aliphatic heterocycles. The average Bonchev–Trinajstić information content (AvgIpc) is 3.09. The maximum atomic E-state index is 6.25. The molecular weight excluding hydrogens is 246 g/mol. The molecule has 0 spiro atoms. The van der Waals surface area contributed by atoms with Gasteiger partial charge < -0.3 is 15.0 Å². The molecule has 4 saturated heterocycles. The highest BCUT2D eigenvalue weighted by atomic mass is 16.5. The third-order valence-corrected chi connectivity index (χ3v) is 4.50. The highest BCUT2D eigenvalue weighted by Gasteiger charge is 2.40. The van der Waals surface area contributed by atoms with Gasteiger partial charge in [-0.2, -0.15) is 4.98 Å². The molecule has 0 amide bonds. The van der Waals surface area contributed by atoms with E-state index in [-0.39, 0.29) is 6.04 Å². The van der Waals surface area contributed by atoms with E-state index >= 15 is 0 Å². The summed E-state index contributed by atoms with van der Waals surface area (Å²) in [5, 5.41) is 4.16. The van der Waals surface area contributed by atoms with E-state index in [4.69, 9.17) is 15.0 Å². The summed E-state index contributed by atoms with van der Waals surface area (Å²) in [7, 11) is 0. The second kappa shape index (κ2) is 4.24. The van der Waals surface area contributed by atoms with Gasteiger partial charge in [-0.15, -0.1) is 0 Å². The molecule has 1 aromatic heterocycles. The predicted octanol–water partition coefficient (Wildman–Crippen LogP) is -0.684. The SMILES string of the molecule is NC1(c2nc(C3CN4CCN3CC4)no2)CCOC1. The predicted molar refractivity (Wildman–Crippen MR) is 66.4 cm³/mol. The molecule has 4 aliphatic rings. The van der Waals surface area contributed by atoms with Crippen molar-refractivity contribution in [1.29, 1.82) is 0 Å². The minimum atomic E-state index is -0.589. The molecule has 1 aromatic rings. The zero-order chi connectivity index (χ0) is 12.9. The molecule has 19 heavy (non-hydrogen) atoms. The van der Waals surface area contributed by atoms with Gasteiger partial charge in [0.05, 0.1) is 12.6 Å². The van der Waals surface area contributed by atoms with E-state index < -0.39 is 5.54 Å². The van der Waals surface area contributed by atoms with Gasteiger partial charge in [0.2, 0.25) is 5.89 Å². The lowest BCUT2D eigenvalue weighted by Crippen LogP contribution is -2.57. The Hall–Kier alpha value is -1.02. The Morgan fingerprint density at radius 3 is 2.74 bits per heavy atom. The molecule has 7 nitrogen and oxygen atoms in total. The Bertz CT molecular complexity index is 462. The first kappa shape index (κ1) is 11.8. The average molecular weight is 265 g/mol. The molecule has 2 atom stereocenters. The van der Waals surface area contributed by atoms with Crippen LogP contribution < -0.4 is 5.73 Å². The number of rotatable bonds is 2. The number of nitrogens with zero attached hydrogens (tertiary/aromatic N) is 4. The molecule has 4 fully saturated rings. The van der Waals surface area contributed by atoms with E-state index in [9.17, 15) is 0 Å². The number of hydrogen-bond donors (Lipinski definition) is 1. The Morgan fingerprint density at radius 2 is 2.11 bits per heavy atom. The first-order valence-corrected chi connectivity index (χ1v) is 6.92. The summed E-state index contributed by atoms with van der Waals surface area (Å²) in [6.45, 7) is 6.60. The molecule has 0 aromatic carbocycles. The molecular formula is C12H19N5O2. The quantitative estimate of drug-likeness (QED) is 0.758. The third kappa shape index (κ3) is 1.88. The minimum absolute atomic E-state index is 0.255. The summed E-state index contributed by atoms with van der Waals surface area (Å²) in [6.07, 6.45) is 0.745. The van der Waals surface area contributed by atoms with Crippen molar-refractivity contribution in [2.75, 3.05) is 45.9 Å². The highest BCUT2D eigenvalue weighted by molar-refractivity contribution is 5.08. The zero-order valence-electron chi connectivity index (χ0n) is 10.9. The van der Waals surface area contributed by atoms with Crippen LogP contribution in [0, 0.1) is 0 Å². The second-order valence-electron chi connectivity index (χ2n) is 5.77. The summed E-state index contributed by atoms with van der Waals surface area (Å²) in [4.78, 5) is 9.44. The van der Waals surface area contributed by atoms with E-state index in [2.05, 4.69) is 19.9 Å². The summed E-state index contributed by atoms with van der Waals surface area (Å²) in [5.41, 5.74) is 5.67.